The molecular weight excluding hydrogens is 252 g/mol. The number of hydrogen-bond acceptors (Lipinski definition) is 0. The summed E-state index contributed by atoms with van der Waals surface area (Å²) in [7, 11) is 0. The van der Waals surface area contributed by atoms with E-state index >= 15 is 0 Å². The minimum absolute atomic E-state index is 0.223. The summed E-state index contributed by atoms with van der Waals surface area (Å²) >= 11 is 0. The van der Waals surface area contributed by atoms with Crippen molar-refractivity contribution >= 4 is 0 Å². The topological polar surface area (TPSA) is 0 Å². The molecule has 2 aromatic carbocycles. The zero-order chi connectivity index (χ0) is 15.4. The predicted octanol–water partition coefficient (Wildman–Crippen LogP) is 5.85. The Bertz CT molecular complexity index is 629. The van der Waals surface area contributed by atoms with E-state index < -0.39 is 0 Å². The molecule has 0 bridgehead atoms. The molecule has 0 nitrogen and oxygen atoms in total. The van der Waals surface area contributed by atoms with Crippen LogP contribution >= 0.6 is 0 Å². The third-order valence-corrected chi connectivity index (χ3v) is 4.61. The van der Waals surface area contributed by atoms with Crippen LogP contribution in [-0.4, -0.2) is 0 Å². The maximum absolute atomic E-state index is 2.41. The molecule has 0 atom stereocenters. The summed E-state index contributed by atoms with van der Waals surface area (Å²) < 4.78 is 0. The summed E-state index contributed by atoms with van der Waals surface area (Å²) in [6.45, 7) is 13.7. The fourth-order valence-corrected chi connectivity index (χ4v) is 3.14. The highest BCUT2D eigenvalue weighted by Crippen LogP contribution is 2.40. The molecule has 0 saturated heterocycles. The highest BCUT2D eigenvalue weighted by atomic mass is 14.3. The molecule has 0 aromatic heterocycles. The van der Waals surface area contributed by atoms with Crippen LogP contribution in [0.2, 0.25) is 0 Å². The van der Waals surface area contributed by atoms with Crippen LogP contribution in [0.5, 0.6) is 0 Å². The van der Waals surface area contributed by atoms with Crippen LogP contribution in [0.1, 0.15) is 63.8 Å². The molecule has 0 spiro atoms. The SMILES string of the molecule is CC(C)(C)c1ccc2c(c1)Cc1cc(C(C)(C)C)ccc1-2. The Kier molecular flexibility index (Phi) is 3.06. The van der Waals surface area contributed by atoms with Crippen LogP contribution in [0.4, 0.5) is 0 Å². The van der Waals surface area contributed by atoms with Crippen LogP contribution in [0, 0.1) is 0 Å². The molecule has 0 heterocycles. The summed E-state index contributed by atoms with van der Waals surface area (Å²) in [6.07, 6.45) is 1.08. The lowest BCUT2D eigenvalue weighted by Gasteiger charge is -2.20. The van der Waals surface area contributed by atoms with Gasteiger partial charge >= 0.3 is 0 Å². The van der Waals surface area contributed by atoms with E-state index in [1.807, 2.05) is 0 Å². The number of hydrogen-bond donors (Lipinski definition) is 0. The summed E-state index contributed by atoms with van der Waals surface area (Å²) in [5.74, 6) is 0. The van der Waals surface area contributed by atoms with Gasteiger partial charge in [-0.2, -0.15) is 0 Å². The third kappa shape index (κ3) is 2.52. The zero-order valence-corrected chi connectivity index (χ0v) is 14.2. The molecule has 0 N–H and O–H groups in total. The molecule has 110 valence electrons. The van der Waals surface area contributed by atoms with Gasteiger partial charge in [0, 0.05) is 0 Å². The van der Waals surface area contributed by atoms with Gasteiger partial charge in [0.2, 0.25) is 0 Å². The van der Waals surface area contributed by atoms with E-state index in [1.54, 1.807) is 0 Å². The van der Waals surface area contributed by atoms with E-state index in [9.17, 15) is 0 Å². The molecule has 0 radical (unpaired) electrons. The molecule has 21 heavy (non-hydrogen) atoms. The summed E-state index contributed by atoms with van der Waals surface area (Å²) in [5.41, 5.74) is 9.15. The quantitative estimate of drug-likeness (QED) is 0.483. The van der Waals surface area contributed by atoms with Crippen LogP contribution in [-0.2, 0) is 17.3 Å². The van der Waals surface area contributed by atoms with Gasteiger partial charge in [-0.15, -0.1) is 0 Å². The van der Waals surface area contributed by atoms with Crippen molar-refractivity contribution in [3.05, 3.63) is 58.7 Å². The third-order valence-electron chi connectivity index (χ3n) is 4.61. The van der Waals surface area contributed by atoms with Crippen LogP contribution in [0.15, 0.2) is 36.4 Å². The van der Waals surface area contributed by atoms with Gasteiger partial charge in [-0.3, -0.25) is 0 Å². The second-order valence-corrected chi connectivity index (χ2v) is 8.42. The molecule has 0 fully saturated rings. The molecule has 0 unspecified atom stereocenters. The lowest BCUT2D eigenvalue weighted by molar-refractivity contribution is 0.589. The second kappa shape index (κ2) is 4.47. The Morgan fingerprint density at radius 3 is 1.33 bits per heavy atom. The Labute approximate surface area is 129 Å². The molecule has 0 saturated carbocycles. The van der Waals surface area contributed by atoms with Gasteiger partial charge in [0.05, 0.1) is 0 Å². The molecule has 0 heteroatoms. The Morgan fingerprint density at radius 1 is 0.619 bits per heavy atom. The van der Waals surface area contributed by atoms with Crippen LogP contribution in [0.25, 0.3) is 11.1 Å². The van der Waals surface area contributed by atoms with Gasteiger partial charge in [0.15, 0.2) is 0 Å². The van der Waals surface area contributed by atoms with Crippen molar-refractivity contribution in [2.75, 3.05) is 0 Å². The minimum Gasteiger partial charge on any atom is -0.0579 e. The lowest BCUT2D eigenvalue weighted by Crippen LogP contribution is -2.11. The van der Waals surface area contributed by atoms with Gasteiger partial charge in [-0.05, 0) is 50.6 Å². The zero-order valence-electron chi connectivity index (χ0n) is 14.2. The van der Waals surface area contributed by atoms with E-state index in [-0.39, 0.29) is 10.8 Å². The highest BCUT2D eigenvalue weighted by Gasteiger charge is 2.23. The summed E-state index contributed by atoms with van der Waals surface area (Å²) in [4.78, 5) is 0. The molecule has 2 aromatic rings. The van der Waals surface area contributed by atoms with Crippen molar-refractivity contribution in [2.45, 2.75) is 58.8 Å². The first-order valence-corrected chi connectivity index (χ1v) is 7.93. The van der Waals surface area contributed by atoms with Gasteiger partial charge in [0.25, 0.3) is 0 Å². The van der Waals surface area contributed by atoms with E-state index in [0.717, 1.165) is 6.42 Å². The summed E-state index contributed by atoms with van der Waals surface area (Å²) in [5, 5.41) is 0. The van der Waals surface area contributed by atoms with Gasteiger partial charge in [-0.1, -0.05) is 77.9 Å². The first-order valence-electron chi connectivity index (χ1n) is 7.93. The van der Waals surface area contributed by atoms with E-state index in [4.69, 9.17) is 0 Å². The first-order chi connectivity index (χ1) is 9.66. The monoisotopic (exact) mass is 278 g/mol. The maximum Gasteiger partial charge on any atom is -0.00132 e. The number of benzene rings is 2. The average molecular weight is 278 g/mol. The molecular formula is C21H26. The smallest absolute Gasteiger partial charge is 0.00132 e. The molecule has 1 aliphatic rings. The number of fused-ring (bicyclic) bond motifs is 3. The lowest BCUT2D eigenvalue weighted by atomic mass is 9.85. The van der Waals surface area contributed by atoms with E-state index in [2.05, 4.69) is 77.9 Å². The van der Waals surface area contributed by atoms with E-state index in [0.29, 0.717) is 0 Å². The van der Waals surface area contributed by atoms with Crippen molar-refractivity contribution in [3.8, 4) is 11.1 Å². The molecule has 0 amide bonds. The minimum atomic E-state index is 0.223. The molecule has 0 aliphatic heterocycles. The predicted molar refractivity (Wildman–Crippen MR) is 92.1 cm³/mol. The average Bonchev–Trinajstić information content (AvgIpc) is 2.73. The van der Waals surface area contributed by atoms with Crippen molar-refractivity contribution in [1.29, 1.82) is 0 Å². The molecule has 1 aliphatic carbocycles. The normalized spacial score (nSPS) is 14.0. The van der Waals surface area contributed by atoms with Crippen molar-refractivity contribution in [1.82, 2.24) is 0 Å². The Hall–Kier alpha value is -1.56. The van der Waals surface area contributed by atoms with Gasteiger partial charge < -0.3 is 0 Å². The van der Waals surface area contributed by atoms with Crippen molar-refractivity contribution in [3.63, 3.8) is 0 Å². The van der Waals surface area contributed by atoms with Crippen molar-refractivity contribution in [2.24, 2.45) is 0 Å². The largest absolute Gasteiger partial charge is 0.0579 e. The summed E-state index contributed by atoms with van der Waals surface area (Å²) in [6, 6.07) is 14.0. The highest BCUT2D eigenvalue weighted by molar-refractivity contribution is 5.77. The fraction of sp³-hybridized carbons (Fsp3) is 0.429. The Morgan fingerprint density at radius 2 is 1.00 bits per heavy atom. The van der Waals surface area contributed by atoms with Crippen molar-refractivity contribution < 1.29 is 0 Å². The number of rotatable bonds is 0. The van der Waals surface area contributed by atoms with E-state index in [1.165, 1.54) is 33.4 Å². The fourth-order valence-electron chi connectivity index (χ4n) is 3.14. The van der Waals surface area contributed by atoms with Crippen LogP contribution < -0.4 is 0 Å². The van der Waals surface area contributed by atoms with Gasteiger partial charge in [-0.25, -0.2) is 0 Å². The Balaban J connectivity index is 2.06. The molecule has 3 rings (SSSR count). The second-order valence-electron chi connectivity index (χ2n) is 8.42. The van der Waals surface area contributed by atoms with Gasteiger partial charge in [0.1, 0.15) is 0 Å². The first kappa shape index (κ1) is 14.4. The maximum atomic E-state index is 2.41. The van der Waals surface area contributed by atoms with Crippen LogP contribution in [0.3, 0.4) is 0 Å². The standard InChI is InChI=1S/C21H26/c1-20(2,3)16-7-9-18-14(12-16)11-15-13-17(21(4,5)6)8-10-19(15)18/h7-10,12-13H,11H2,1-6H3.